The van der Waals surface area contributed by atoms with E-state index >= 15 is 0 Å². The number of nitrogens with one attached hydrogen (secondary N) is 2. The Morgan fingerprint density at radius 1 is 1.06 bits per heavy atom. The molecule has 11 heteroatoms. The lowest BCUT2D eigenvalue weighted by atomic mass is 10.0. The minimum Gasteiger partial charge on any atom is -0.342 e. The van der Waals surface area contributed by atoms with Gasteiger partial charge in [-0.05, 0) is 62.1 Å². The Morgan fingerprint density at radius 2 is 1.81 bits per heavy atom. The van der Waals surface area contributed by atoms with Crippen molar-refractivity contribution in [2.24, 2.45) is 5.92 Å². The van der Waals surface area contributed by atoms with Gasteiger partial charge < -0.3 is 15.2 Å². The Labute approximate surface area is 230 Å². The van der Waals surface area contributed by atoms with Gasteiger partial charge in [0.1, 0.15) is 0 Å². The lowest BCUT2D eigenvalue weighted by Crippen LogP contribution is -2.31. The van der Waals surface area contributed by atoms with E-state index in [2.05, 4.69) is 34.7 Å². The smallest absolute Gasteiger partial charge is 0.253 e. The summed E-state index contributed by atoms with van der Waals surface area (Å²) in [6.45, 7) is 8.58. The molecule has 0 radical (unpaired) electrons. The fourth-order valence-corrected chi connectivity index (χ4v) is 5.05. The fraction of sp³-hybridized carbons (Fsp3) is 0.360. The van der Waals surface area contributed by atoms with Gasteiger partial charge in [-0.3, -0.25) is 9.59 Å². The second-order valence-electron chi connectivity index (χ2n) is 8.67. The van der Waals surface area contributed by atoms with Crippen LogP contribution in [0.15, 0.2) is 41.6 Å². The number of carbonyl (C=O) groups excluding carboxylic acids is 2. The number of hydrogen-bond donors (Lipinski definition) is 2. The number of halogens is 3. The Bertz CT molecular complexity index is 1250. The highest BCUT2D eigenvalue weighted by atomic mass is 35.5. The molecule has 7 nitrogen and oxygen atoms in total. The molecule has 0 aliphatic carbocycles. The molecule has 0 unspecified atom stereocenters. The van der Waals surface area contributed by atoms with Gasteiger partial charge in [0.15, 0.2) is 11.0 Å². The van der Waals surface area contributed by atoms with Crippen LogP contribution in [0.2, 0.25) is 15.1 Å². The van der Waals surface area contributed by atoms with Gasteiger partial charge in [0.05, 0.1) is 22.4 Å². The van der Waals surface area contributed by atoms with Crippen LogP contribution in [0.25, 0.3) is 0 Å². The maximum atomic E-state index is 13.0. The molecule has 0 spiro atoms. The summed E-state index contributed by atoms with van der Waals surface area (Å²) in [7, 11) is 0. The molecular formula is C25H28Cl3N5O2S. The molecule has 3 aromatic rings. The SMILES string of the molecule is CCn1c(SCC(=O)Nc2ccc(C)c(Cl)c2)nnc1[C@@H](CC(C)C)NC(=O)c1ccc(Cl)cc1Cl. The minimum absolute atomic E-state index is 0.144. The van der Waals surface area contributed by atoms with E-state index in [9.17, 15) is 9.59 Å². The van der Waals surface area contributed by atoms with Crippen LogP contribution >= 0.6 is 46.6 Å². The Kier molecular flexibility index (Phi) is 10.1. The maximum absolute atomic E-state index is 13.0. The molecule has 2 amide bonds. The van der Waals surface area contributed by atoms with Crippen LogP contribution in [0.3, 0.4) is 0 Å². The van der Waals surface area contributed by atoms with Gasteiger partial charge in [0, 0.05) is 22.3 Å². The van der Waals surface area contributed by atoms with Crippen molar-refractivity contribution in [2.75, 3.05) is 11.1 Å². The third-order valence-electron chi connectivity index (χ3n) is 5.35. The molecule has 1 atom stereocenters. The van der Waals surface area contributed by atoms with E-state index in [4.69, 9.17) is 34.8 Å². The van der Waals surface area contributed by atoms with Crippen LogP contribution in [0.4, 0.5) is 5.69 Å². The lowest BCUT2D eigenvalue weighted by Gasteiger charge is -2.21. The monoisotopic (exact) mass is 567 g/mol. The van der Waals surface area contributed by atoms with Gasteiger partial charge in [0.2, 0.25) is 5.91 Å². The molecule has 3 rings (SSSR count). The van der Waals surface area contributed by atoms with Gasteiger partial charge in [-0.2, -0.15) is 0 Å². The summed E-state index contributed by atoms with van der Waals surface area (Å²) < 4.78 is 1.91. The van der Waals surface area contributed by atoms with E-state index in [0.29, 0.717) is 45.2 Å². The Hall–Kier alpha value is -2.26. The number of thioether (sulfide) groups is 1. The second kappa shape index (κ2) is 12.8. The number of benzene rings is 2. The number of hydrogen-bond acceptors (Lipinski definition) is 5. The van der Waals surface area contributed by atoms with Crippen LogP contribution in [-0.2, 0) is 11.3 Å². The molecular weight excluding hydrogens is 541 g/mol. The summed E-state index contributed by atoms with van der Waals surface area (Å²) in [6, 6.07) is 9.74. The average molecular weight is 569 g/mol. The van der Waals surface area contributed by atoms with Crippen LogP contribution in [0.1, 0.15) is 55.0 Å². The van der Waals surface area contributed by atoms with E-state index in [-0.39, 0.29) is 28.5 Å². The number of amides is 2. The first kappa shape index (κ1) is 28.3. The van der Waals surface area contributed by atoms with E-state index in [1.54, 1.807) is 18.2 Å². The highest BCUT2D eigenvalue weighted by Gasteiger charge is 2.25. The fourth-order valence-electron chi connectivity index (χ4n) is 3.57. The van der Waals surface area contributed by atoms with E-state index in [0.717, 1.165) is 5.56 Å². The highest BCUT2D eigenvalue weighted by Crippen LogP contribution is 2.27. The topological polar surface area (TPSA) is 88.9 Å². The quantitative estimate of drug-likeness (QED) is 0.262. The molecule has 1 aromatic heterocycles. The molecule has 0 saturated carbocycles. The van der Waals surface area contributed by atoms with Crippen molar-refractivity contribution >= 4 is 64.1 Å². The lowest BCUT2D eigenvalue weighted by molar-refractivity contribution is -0.113. The number of aryl methyl sites for hydroxylation is 1. The van der Waals surface area contributed by atoms with Crippen molar-refractivity contribution in [1.82, 2.24) is 20.1 Å². The summed E-state index contributed by atoms with van der Waals surface area (Å²) in [4.78, 5) is 25.5. The van der Waals surface area contributed by atoms with Crippen molar-refractivity contribution in [2.45, 2.75) is 51.9 Å². The van der Waals surface area contributed by atoms with E-state index < -0.39 is 6.04 Å². The van der Waals surface area contributed by atoms with Gasteiger partial charge in [-0.15, -0.1) is 10.2 Å². The van der Waals surface area contributed by atoms with Gasteiger partial charge >= 0.3 is 0 Å². The van der Waals surface area contributed by atoms with Crippen molar-refractivity contribution in [3.05, 3.63) is 68.4 Å². The maximum Gasteiger partial charge on any atom is 0.253 e. The summed E-state index contributed by atoms with van der Waals surface area (Å²) in [5.41, 5.74) is 1.91. The largest absolute Gasteiger partial charge is 0.342 e. The average Bonchev–Trinajstić information content (AvgIpc) is 3.22. The first-order chi connectivity index (χ1) is 17.1. The zero-order valence-electron chi connectivity index (χ0n) is 20.4. The zero-order chi connectivity index (χ0) is 26.4. The summed E-state index contributed by atoms with van der Waals surface area (Å²) >= 11 is 19.6. The van der Waals surface area contributed by atoms with Crippen molar-refractivity contribution < 1.29 is 9.59 Å². The third-order valence-corrected chi connectivity index (χ3v) is 7.27. The van der Waals surface area contributed by atoms with Crippen molar-refractivity contribution in [3.63, 3.8) is 0 Å². The summed E-state index contributed by atoms with van der Waals surface area (Å²) in [5.74, 6) is 0.541. The number of rotatable bonds is 10. The molecule has 2 aromatic carbocycles. The molecule has 0 bridgehead atoms. The molecule has 36 heavy (non-hydrogen) atoms. The normalized spacial score (nSPS) is 12.0. The number of carbonyl (C=O) groups is 2. The van der Waals surface area contributed by atoms with Gasteiger partial charge in [-0.25, -0.2) is 0 Å². The molecule has 0 fully saturated rings. The molecule has 2 N–H and O–H groups in total. The van der Waals surface area contributed by atoms with Crippen molar-refractivity contribution in [3.8, 4) is 0 Å². The summed E-state index contributed by atoms with van der Waals surface area (Å²) in [6.07, 6.45) is 0.647. The van der Waals surface area contributed by atoms with Crippen molar-refractivity contribution in [1.29, 1.82) is 0 Å². The van der Waals surface area contributed by atoms with Gasteiger partial charge in [0.25, 0.3) is 5.91 Å². The standard InChI is InChI=1S/C25H28Cl3N5O2S/c1-5-33-23(21(10-14(2)3)30-24(35)18-9-7-16(26)11-20(18)28)31-32-25(33)36-13-22(34)29-17-8-6-15(4)19(27)12-17/h6-9,11-12,14,21H,5,10,13H2,1-4H3,(H,29,34)(H,30,35)/t21-/m1/s1. The molecule has 0 saturated heterocycles. The predicted molar refractivity (Wildman–Crippen MR) is 147 cm³/mol. The van der Waals surface area contributed by atoms with E-state index in [1.165, 1.54) is 17.8 Å². The number of aromatic nitrogens is 3. The summed E-state index contributed by atoms with van der Waals surface area (Å²) in [5, 5.41) is 16.5. The van der Waals surface area contributed by atoms with Gasteiger partial charge in [-0.1, -0.05) is 66.5 Å². The highest BCUT2D eigenvalue weighted by molar-refractivity contribution is 7.99. The van der Waals surface area contributed by atoms with Crippen LogP contribution in [0.5, 0.6) is 0 Å². The second-order valence-corrected chi connectivity index (χ2v) is 10.9. The van der Waals surface area contributed by atoms with Crippen LogP contribution in [-0.4, -0.2) is 32.3 Å². The predicted octanol–water partition coefficient (Wildman–Crippen LogP) is 6.81. The molecule has 0 aliphatic heterocycles. The molecule has 192 valence electrons. The minimum atomic E-state index is -0.394. The van der Waals surface area contributed by atoms with Crippen LogP contribution < -0.4 is 10.6 Å². The third kappa shape index (κ3) is 7.38. The Balaban J connectivity index is 1.74. The zero-order valence-corrected chi connectivity index (χ0v) is 23.5. The number of nitrogens with zero attached hydrogens (tertiary/aromatic N) is 3. The molecule has 1 heterocycles. The first-order valence-corrected chi connectivity index (χ1v) is 13.6. The molecule has 0 aliphatic rings. The first-order valence-electron chi connectivity index (χ1n) is 11.5. The van der Waals surface area contributed by atoms with Crippen LogP contribution in [0, 0.1) is 12.8 Å². The number of anilines is 1. The Morgan fingerprint density at radius 3 is 2.44 bits per heavy atom. The van der Waals surface area contributed by atoms with E-state index in [1.807, 2.05) is 30.5 Å².